The zero-order valence-electron chi connectivity index (χ0n) is 12.5. The summed E-state index contributed by atoms with van der Waals surface area (Å²) in [7, 11) is 2.06. The van der Waals surface area contributed by atoms with Crippen LogP contribution in [0.4, 0.5) is 11.8 Å². The lowest BCUT2D eigenvalue weighted by molar-refractivity contribution is 0.850. The monoisotopic (exact) mass is 348 g/mol. The SMILES string of the molecule is CCCNc1ncc(Br)c(N(C)CCc2ccccc2)n1. The first kappa shape index (κ1) is 15.8. The van der Waals surface area contributed by atoms with Crippen LogP contribution >= 0.6 is 15.9 Å². The van der Waals surface area contributed by atoms with Gasteiger partial charge in [0, 0.05) is 26.3 Å². The Morgan fingerprint density at radius 3 is 2.71 bits per heavy atom. The summed E-state index contributed by atoms with van der Waals surface area (Å²) in [4.78, 5) is 11.0. The quantitative estimate of drug-likeness (QED) is 0.827. The minimum atomic E-state index is 0.682. The highest BCUT2D eigenvalue weighted by Crippen LogP contribution is 2.23. The van der Waals surface area contributed by atoms with E-state index in [9.17, 15) is 0 Å². The number of halogens is 1. The lowest BCUT2D eigenvalue weighted by atomic mass is 10.1. The Bertz CT molecular complexity index is 559. The second-order valence-corrected chi connectivity index (χ2v) is 5.80. The Morgan fingerprint density at radius 1 is 1.24 bits per heavy atom. The molecule has 0 saturated carbocycles. The first-order valence-corrected chi connectivity index (χ1v) is 8.01. The number of rotatable bonds is 7. The van der Waals surface area contributed by atoms with Crippen molar-refractivity contribution in [1.82, 2.24) is 9.97 Å². The van der Waals surface area contributed by atoms with E-state index in [2.05, 4.69) is 74.4 Å². The van der Waals surface area contributed by atoms with E-state index in [1.165, 1.54) is 5.56 Å². The summed E-state index contributed by atoms with van der Waals surface area (Å²) in [6.45, 7) is 3.92. The van der Waals surface area contributed by atoms with Gasteiger partial charge in [-0.1, -0.05) is 37.3 Å². The van der Waals surface area contributed by atoms with E-state index < -0.39 is 0 Å². The fourth-order valence-corrected chi connectivity index (χ4v) is 2.49. The Balaban J connectivity index is 2.02. The van der Waals surface area contributed by atoms with Crippen molar-refractivity contribution in [3.05, 3.63) is 46.6 Å². The van der Waals surface area contributed by atoms with Crippen molar-refractivity contribution >= 4 is 27.7 Å². The molecule has 0 amide bonds. The van der Waals surface area contributed by atoms with Gasteiger partial charge >= 0.3 is 0 Å². The van der Waals surface area contributed by atoms with Crippen LogP contribution in [0, 0.1) is 0 Å². The maximum atomic E-state index is 4.58. The smallest absolute Gasteiger partial charge is 0.224 e. The molecule has 0 unspecified atom stereocenters. The van der Waals surface area contributed by atoms with Gasteiger partial charge in [0.1, 0.15) is 5.82 Å². The van der Waals surface area contributed by atoms with Crippen LogP contribution in [0.2, 0.25) is 0 Å². The Kier molecular flexibility index (Phi) is 5.99. The molecule has 1 aromatic carbocycles. The van der Waals surface area contributed by atoms with E-state index in [1.807, 2.05) is 6.07 Å². The van der Waals surface area contributed by atoms with Gasteiger partial charge in [0.15, 0.2) is 0 Å². The molecule has 0 aliphatic heterocycles. The average Bonchev–Trinajstić information content (AvgIpc) is 2.53. The Labute approximate surface area is 134 Å². The lowest BCUT2D eigenvalue weighted by Crippen LogP contribution is -2.22. The maximum absolute atomic E-state index is 4.58. The molecule has 0 saturated heterocycles. The highest BCUT2D eigenvalue weighted by molar-refractivity contribution is 9.10. The van der Waals surface area contributed by atoms with Crippen molar-refractivity contribution in [1.29, 1.82) is 0 Å². The van der Waals surface area contributed by atoms with Gasteiger partial charge in [-0.2, -0.15) is 4.98 Å². The van der Waals surface area contributed by atoms with Crippen LogP contribution in [0.15, 0.2) is 41.0 Å². The number of aromatic nitrogens is 2. The fourth-order valence-electron chi connectivity index (χ4n) is 2.00. The number of benzene rings is 1. The molecule has 0 atom stereocenters. The predicted octanol–water partition coefficient (Wildman–Crippen LogP) is 3.74. The van der Waals surface area contributed by atoms with Gasteiger partial charge in [-0.15, -0.1) is 0 Å². The summed E-state index contributed by atoms with van der Waals surface area (Å²) in [5.74, 6) is 1.60. The maximum Gasteiger partial charge on any atom is 0.224 e. The van der Waals surface area contributed by atoms with Crippen LogP contribution in [0.3, 0.4) is 0 Å². The average molecular weight is 349 g/mol. The van der Waals surface area contributed by atoms with E-state index in [4.69, 9.17) is 0 Å². The van der Waals surface area contributed by atoms with Gasteiger partial charge in [0.2, 0.25) is 5.95 Å². The van der Waals surface area contributed by atoms with Crippen LogP contribution in [0.1, 0.15) is 18.9 Å². The number of anilines is 2. The van der Waals surface area contributed by atoms with E-state index in [-0.39, 0.29) is 0 Å². The number of likely N-dealkylation sites (N-methyl/N-ethyl adjacent to an activating group) is 1. The Morgan fingerprint density at radius 2 is 2.00 bits per heavy atom. The van der Waals surface area contributed by atoms with Crippen LogP contribution in [-0.2, 0) is 6.42 Å². The molecule has 0 aliphatic rings. The lowest BCUT2D eigenvalue weighted by Gasteiger charge is -2.20. The standard InChI is InChI=1S/C16H21BrN4/c1-3-10-18-16-19-12-14(17)15(20-16)21(2)11-9-13-7-5-4-6-8-13/h4-8,12H,3,9-11H2,1-2H3,(H,18,19,20). The fraction of sp³-hybridized carbons (Fsp3) is 0.375. The molecule has 5 heteroatoms. The Hall–Kier alpha value is -1.62. The molecule has 1 N–H and O–H groups in total. The molecule has 2 aromatic rings. The molecular formula is C16H21BrN4. The second-order valence-electron chi connectivity index (χ2n) is 4.95. The zero-order valence-corrected chi connectivity index (χ0v) is 14.1. The van der Waals surface area contributed by atoms with Crippen molar-refractivity contribution < 1.29 is 0 Å². The molecular weight excluding hydrogens is 328 g/mol. The van der Waals surface area contributed by atoms with E-state index in [0.29, 0.717) is 5.95 Å². The van der Waals surface area contributed by atoms with E-state index >= 15 is 0 Å². The molecule has 0 radical (unpaired) electrons. The summed E-state index contributed by atoms with van der Waals surface area (Å²) in [5.41, 5.74) is 1.33. The van der Waals surface area contributed by atoms with E-state index in [0.717, 1.165) is 36.2 Å². The summed E-state index contributed by atoms with van der Waals surface area (Å²) in [6.07, 6.45) is 3.85. The van der Waals surface area contributed by atoms with Gasteiger partial charge < -0.3 is 10.2 Å². The van der Waals surface area contributed by atoms with Crippen molar-refractivity contribution in [2.75, 3.05) is 30.4 Å². The number of hydrogen-bond acceptors (Lipinski definition) is 4. The number of nitrogens with one attached hydrogen (secondary N) is 1. The molecule has 112 valence electrons. The molecule has 0 bridgehead atoms. The van der Waals surface area contributed by atoms with Crippen molar-refractivity contribution in [2.45, 2.75) is 19.8 Å². The van der Waals surface area contributed by atoms with Crippen LogP contribution < -0.4 is 10.2 Å². The van der Waals surface area contributed by atoms with Crippen LogP contribution in [0.25, 0.3) is 0 Å². The molecule has 0 spiro atoms. The highest BCUT2D eigenvalue weighted by Gasteiger charge is 2.10. The summed E-state index contributed by atoms with van der Waals surface area (Å²) < 4.78 is 0.917. The first-order chi connectivity index (χ1) is 10.2. The van der Waals surface area contributed by atoms with Gasteiger partial charge in [0.25, 0.3) is 0 Å². The number of nitrogens with zero attached hydrogens (tertiary/aromatic N) is 3. The third-order valence-electron chi connectivity index (χ3n) is 3.20. The van der Waals surface area contributed by atoms with Gasteiger partial charge in [-0.05, 0) is 34.3 Å². The van der Waals surface area contributed by atoms with Crippen molar-refractivity contribution in [3.63, 3.8) is 0 Å². The van der Waals surface area contributed by atoms with Gasteiger partial charge in [-0.25, -0.2) is 4.98 Å². The highest BCUT2D eigenvalue weighted by atomic mass is 79.9. The number of hydrogen-bond donors (Lipinski definition) is 1. The topological polar surface area (TPSA) is 41.1 Å². The zero-order chi connectivity index (χ0) is 15.1. The van der Waals surface area contributed by atoms with Crippen molar-refractivity contribution in [3.8, 4) is 0 Å². The molecule has 2 rings (SSSR count). The summed E-state index contributed by atoms with van der Waals surface area (Å²) >= 11 is 3.53. The summed E-state index contributed by atoms with van der Waals surface area (Å²) in [5, 5.41) is 3.22. The van der Waals surface area contributed by atoms with Crippen LogP contribution in [0.5, 0.6) is 0 Å². The molecule has 4 nitrogen and oxygen atoms in total. The first-order valence-electron chi connectivity index (χ1n) is 7.22. The third-order valence-corrected chi connectivity index (χ3v) is 3.76. The molecule has 1 heterocycles. The molecule has 21 heavy (non-hydrogen) atoms. The minimum Gasteiger partial charge on any atom is -0.358 e. The predicted molar refractivity (Wildman–Crippen MR) is 91.9 cm³/mol. The van der Waals surface area contributed by atoms with Gasteiger partial charge in [-0.3, -0.25) is 0 Å². The molecule has 0 fully saturated rings. The third kappa shape index (κ3) is 4.70. The van der Waals surface area contributed by atoms with Crippen molar-refractivity contribution in [2.24, 2.45) is 0 Å². The van der Waals surface area contributed by atoms with E-state index in [1.54, 1.807) is 6.20 Å². The van der Waals surface area contributed by atoms with Gasteiger partial charge in [0.05, 0.1) is 4.47 Å². The summed E-state index contributed by atoms with van der Waals surface area (Å²) in [6, 6.07) is 10.5. The molecule has 1 aromatic heterocycles. The normalized spacial score (nSPS) is 10.4. The molecule has 0 aliphatic carbocycles. The largest absolute Gasteiger partial charge is 0.358 e. The minimum absolute atomic E-state index is 0.682. The second kappa shape index (κ2) is 7.98. The van der Waals surface area contributed by atoms with Crippen LogP contribution in [-0.4, -0.2) is 30.1 Å².